The second-order valence-corrected chi connectivity index (χ2v) is 4.92. The smallest absolute Gasteiger partial charge is 0.186 e. The third kappa shape index (κ3) is 6.70. The van der Waals surface area contributed by atoms with Crippen LogP contribution in [0, 0.1) is 0 Å². The Hall–Kier alpha value is -0.920. The van der Waals surface area contributed by atoms with E-state index in [4.69, 9.17) is 16.2 Å². The SMILES string of the molecule is CC.CO[C@@H](CN=C(N)N)c1cc(O)cc(SBr)c1. The van der Waals surface area contributed by atoms with Crippen LogP contribution in [0.4, 0.5) is 0 Å². The van der Waals surface area contributed by atoms with Crippen LogP contribution >= 0.6 is 25.0 Å². The van der Waals surface area contributed by atoms with Gasteiger partial charge in [0.1, 0.15) is 11.9 Å². The Morgan fingerprint density at radius 3 is 2.53 bits per heavy atom. The number of hydrogen-bond acceptors (Lipinski definition) is 4. The number of hydrogen-bond donors (Lipinski definition) is 3. The minimum atomic E-state index is -0.289. The summed E-state index contributed by atoms with van der Waals surface area (Å²) in [7, 11) is 2.93. The lowest BCUT2D eigenvalue weighted by Gasteiger charge is -2.14. The predicted octanol–water partition coefficient (Wildman–Crippen LogP) is 2.78. The fourth-order valence-electron chi connectivity index (χ4n) is 1.34. The van der Waals surface area contributed by atoms with E-state index < -0.39 is 0 Å². The summed E-state index contributed by atoms with van der Waals surface area (Å²) in [4.78, 5) is 4.79. The van der Waals surface area contributed by atoms with Gasteiger partial charge in [0.25, 0.3) is 0 Å². The first-order valence-electron chi connectivity index (χ1n) is 5.77. The van der Waals surface area contributed by atoms with Gasteiger partial charge in [0.15, 0.2) is 5.96 Å². The molecule has 0 aliphatic rings. The fraction of sp³-hybridized carbons (Fsp3) is 0.417. The van der Waals surface area contributed by atoms with Crippen molar-refractivity contribution >= 4 is 31.0 Å². The van der Waals surface area contributed by atoms with Gasteiger partial charge in [-0.05, 0) is 48.8 Å². The number of nitrogens with two attached hydrogens (primary N) is 2. The Morgan fingerprint density at radius 2 is 2.05 bits per heavy atom. The molecule has 1 rings (SSSR count). The number of methoxy groups -OCH3 is 1. The monoisotopic (exact) mass is 349 g/mol. The summed E-state index contributed by atoms with van der Waals surface area (Å²) in [6.07, 6.45) is -0.289. The number of phenolic OH excluding ortho intramolecular Hbond substituents is 1. The number of ether oxygens (including phenoxy) is 1. The molecule has 0 heterocycles. The normalized spacial score (nSPS) is 11.2. The molecule has 1 atom stereocenters. The van der Waals surface area contributed by atoms with Crippen molar-refractivity contribution < 1.29 is 9.84 Å². The van der Waals surface area contributed by atoms with Crippen LogP contribution in [0.3, 0.4) is 0 Å². The molecule has 0 aromatic heterocycles. The number of halogens is 1. The first kappa shape index (κ1) is 18.1. The van der Waals surface area contributed by atoms with Gasteiger partial charge in [-0.15, -0.1) is 0 Å². The summed E-state index contributed by atoms with van der Waals surface area (Å²) in [6, 6.07) is 5.18. The van der Waals surface area contributed by atoms with E-state index >= 15 is 0 Å². The molecule has 0 saturated heterocycles. The minimum Gasteiger partial charge on any atom is -0.508 e. The van der Waals surface area contributed by atoms with Gasteiger partial charge in [-0.25, -0.2) is 0 Å². The number of aliphatic imine (C=N–C) groups is 1. The summed E-state index contributed by atoms with van der Waals surface area (Å²) < 4.78 is 5.29. The van der Waals surface area contributed by atoms with Crippen LogP contribution in [0.25, 0.3) is 0 Å². The Labute approximate surface area is 125 Å². The van der Waals surface area contributed by atoms with Gasteiger partial charge in [0.05, 0.1) is 6.54 Å². The molecule has 5 nitrogen and oxygen atoms in total. The quantitative estimate of drug-likeness (QED) is 0.561. The van der Waals surface area contributed by atoms with Gasteiger partial charge in [-0.1, -0.05) is 13.8 Å². The molecule has 7 heteroatoms. The zero-order valence-corrected chi connectivity index (χ0v) is 13.7. The van der Waals surface area contributed by atoms with E-state index in [1.54, 1.807) is 19.2 Å². The van der Waals surface area contributed by atoms with Crippen LogP contribution in [0.15, 0.2) is 28.1 Å². The van der Waals surface area contributed by atoms with Crippen LogP contribution in [-0.2, 0) is 4.74 Å². The molecule has 0 amide bonds. The fourth-order valence-corrected chi connectivity index (χ4v) is 2.25. The highest BCUT2D eigenvalue weighted by atomic mass is 79.9. The summed E-state index contributed by atoms with van der Waals surface area (Å²) in [5.41, 5.74) is 11.4. The van der Waals surface area contributed by atoms with Crippen molar-refractivity contribution in [2.24, 2.45) is 16.5 Å². The Bertz CT molecular complexity index is 412. The van der Waals surface area contributed by atoms with Crippen molar-refractivity contribution in [2.45, 2.75) is 24.8 Å². The summed E-state index contributed by atoms with van der Waals surface area (Å²) in [5, 5.41) is 9.57. The van der Waals surface area contributed by atoms with E-state index in [0.717, 1.165) is 10.5 Å². The topological polar surface area (TPSA) is 93.9 Å². The standard InChI is InChI=1S/C10H14BrN3O2S.C2H6/c1-16-9(5-14-10(12)13)6-2-7(15)4-8(3-6)17-11;1-2/h2-4,9,15H,5H2,1H3,(H4,12,13,14);1-2H3/t9-;/m0./s1. The van der Waals surface area contributed by atoms with Crippen LogP contribution in [-0.4, -0.2) is 24.7 Å². The summed E-state index contributed by atoms with van der Waals surface area (Å²) >= 11 is 3.26. The lowest BCUT2D eigenvalue weighted by Crippen LogP contribution is -2.24. The van der Waals surface area contributed by atoms with E-state index in [1.807, 2.05) is 19.9 Å². The largest absolute Gasteiger partial charge is 0.508 e. The average Bonchev–Trinajstić information content (AvgIpc) is 2.40. The number of phenols is 1. The Morgan fingerprint density at radius 1 is 1.42 bits per heavy atom. The number of benzene rings is 1. The molecule has 1 aromatic carbocycles. The number of aromatic hydroxyl groups is 1. The van der Waals surface area contributed by atoms with Gasteiger partial charge in [-0.3, -0.25) is 4.99 Å². The van der Waals surface area contributed by atoms with E-state index in [2.05, 4.69) is 19.8 Å². The molecule has 0 bridgehead atoms. The van der Waals surface area contributed by atoms with Crippen molar-refractivity contribution in [3.63, 3.8) is 0 Å². The van der Waals surface area contributed by atoms with Gasteiger partial charge >= 0.3 is 0 Å². The minimum absolute atomic E-state index is 0.0160. The first-order valence-corrected chi connectivity index (χ1v) is 8.43. The molecule has 0 unspecified atom stereocenters. The molecular weight excluding hydrogens is 330 g/mol. The number of rotatable bonds is 5. The van der Waals surface area contributed by atoms with Crippen molar-refractivity contribution in [2.75, 3.05) is 13.7 Å². The maximum absolute atomic E-state index is 9.57. The zero-order chi connectivity index (χ0) is 14.8. The highest BCUT2D eigenvalue weighted by Gasteiger charge is 2.12. The highest BCUT2D eigenvalue weighted by molar-refractivity contribution is 9.50. The molecule has 0 aliphatic heterocycles. The van der Waals surface area contributed by atoms with Gasteiger partial charge in [-0.2, -0.15) is 0 Å². The molecule has 19 heavy (non-hydrogen) atoms. The summed E-state index contributed by atoms with van der Waals surface area (Å²) in [5.74, 6) is 0.193. The van der Waals surface area contributed by atoms with Crippen LogP contribution in [0.1, 0.15) is 25.5 Å². The third-order valence-electron chi connectivity index (χ3n) is 2.10. The molecule has 0 spiro atoms. The Kier molecular flexibility index (Phi) is 9.46. The zero-order valence-electron chi connectivity index (χ0n) is 11.3. The maximum Gasteiger partial charge on any atom is 0.186 e. The number of nitrogens with zero attached hydrogens (tertiary/aromatic N) is 1. The first-order chi connectivity index (χ1) is 9.06. The van der Waals surface area contributed by atoms with E-state index in [0.29, 0.717) is 6.54 Å². The van der Waals surface area contributed by atoms with Gasteiger partial charge < -0.3 is 21.3 Å². The van der Waals surface area contributed by atoms with E-state index in [9.17, 15) is 5.11 Å². The van der Waals surface area contributed by atoms with Gasteiger partial charge in [0, 0.05) is 12.0 Å². The van der Waals surface area contributed by atoms with Crippen molar-refractivity contribution in [3.8, 4) is 5.75 Å². The second kappa shape index (κ2) is 9.94. The average molecular weight is 350 g/mol. The molecule has 0 saturated carbocycles. The highest BCUT2D eigenvalue weighted by Crippen LogP contribution is 2.31. The molecular formula is C12H20BrN3O2S. The lowest BCUT2D eigenvalue weighted by atomic mass is 10.1. The van der Waals surface area contributed by atoms with Crippen molar-refractivity contribution in [3.05, 3.63) is 23.8 Å². The van der Waals surface area contributed by atoms with Crippen LogP contribution in [0.2, 0.25) is 0 Å². The predicted molar refractivity (Wildman–Crippen MR) is 84.7 cm³/mol. The number of guanidine groups is 1. The lowest BCUT2D eigenvalue weighted by molar-refractivity contribution is 0.110. The summed E-state index contributed by atoms with van der Waals surface area (Å²) in [6.45, 7) is 4.31. The molecule has 0 radical (unpaired) electrons. The molecule has 108 valence electrons. The molecule has 1 aromatic rings. The molecule has 5 N–H and O–H groups in total. The Balaban J connectivity index is 0.00000154. The second-order valence-electron chi connectivity index (χ2n) is 3.33. The van der Waals surface area contributed by atoms with E-state index in [-0.39, 0.29) is 17.8 Å². The van der Waals surface area contributed by atoms with Crippen molar-refractivity contribution in [1.82, 2.24) is 0 Å². The molecule has 0 fully saturated rings. The van der Waals surface area contributed by atoms with Crippen LogP contribution in [0.5, 0.6) is 5.75 Å². The molecule has 0 aliphatic carbocycles. The third-order valence-corrected chi connectivity index (χ3v) is 3.63. The van der Waals surface area contributed by atoms with Gasteiger partial charge in [0.2, 0.25) is 0 Å². The maximum atomic E-state index is 9.57. The van der Waals surface area contributed by atoms with Crippen molar-refractivity contribution in [1.29, 1.82) is 0 Å². The van der Waals surface area contributed by atoms with Crippen LogP contribution < -0.4 is 11.5 Å². The van der Waals surface area contributed by atoms with E-state index in [1.165, 1.54) is 10.2 Å².